The summed E-state index contributed by atoms with van der Waals surface area (Å²) < 4.78 is 31.7. The number of hydrogen-bond donors (Lipinski definition) is 1. The monoisotopic (exact) mass is 454 g/mol. The molecule has 0 amide bonds. The Morgan fingerprint density at radius 2 is 2.07 bits per heavy atom. The first-order valence-electron chi connectivity index (χ1n) is 9.29. The van der Waals surface area contributed by atoms with Crippen LogP contribution in [0.25, 0.3) is 22.4 Å². The Labute approximate surface area is 179 Å². The van der Waals surface area contributed by atoms with Gasteiger partial charge in [0.15, 0.2) is 4.64 Å². The Morgan fingerprint density at radius 3 is 2.69 bits per heavy atom. The Bertz CT molecular complexity index is 1220. The zero-order valence-electron chi connectivity index (χ0n) is 16.7. The van der Waals surface area contributed by atoms with Crippen molar-refractivity contribution in [1.82, 2.24) is 19.7 Å². The fourth-order valence-electron chi connectivity index (χ4n) is 3.02. The molecule has 7 nitrogen and oxygen atoms in total. The van der Waals surface area contributed by atoms with E-state index in [1.165, 1.54) is 12.1 Å². The van der Waals surface area contributed by atoms with Crippen LogP contribution in [0.3, 0.4) is 0 Å². The summed E-state index contributed by atoms with van der Waals surface area (Å²) in [6, 6.07) is 4.46. The van der Waals surface area contributed by atoms with Crippen molar-refractivity contribution in [2.45, 2.75) is 38.5 Å². The van der Waals surface area contributed by atoms with Crippen molar-refractivity contribution in [3.05, 3.63) is 28.5 Å². The molecule has 29 heavy (non-hydrogen) atoms. The van der Waals surface area contributed by atoms with E-state index in [0.29, 0.717) is 34.3 Å². The summed E-state index contributed by atoms with van der Waals surface area (Å²) in [5.74, 6) is 1.21. The van der Waals surface area contributed by atoms with Crippen LogP contribution in [0.1, 0.15) is 32.9 Å². The van der Waals surface area contributed by atoms with Crippen molar-refractivity contribution in [2.75, 3.05) is 6.61 Å². The summed E-state index contributed by atoms with van der Waals surface area (Å²) in [6.45, 7) is 6.60. The van der Waals surface area contributed by atoms with E-state index in [9.17, 15) is 8.42 Å². The number of nitrogens with zero attached hydrogens (tertiary/aromatic N) is 3. The molecule has 2 heterocycles. The third-order valence-corrected chi connectivity index (χ3v) is 5.96. The molecule has 1 aromatic carbocycles. The smallest absolute Gasteiger partial charge is 0.261 e. The molecule has 0 saturated heterocycles. The summed E-state index contributed by atoms with van der Waals surface area (Å²) in [7, 11) is 3.47. The van der Waals surface area contributed by atoms with Crippen molar-refractivity contribution < 1.29 is 13.2 Å². The molecule has 0 atom stereocenters. The Balaban J connectivity index is 2.26. The number of H-pyrrole nitrogens is 1. The first-order valence-corrected chi connectivity index (χ1v) is 12.0. The Kier molecular flexibility index (Phi) is 6.30. The third kappa shape index (κ3) is 4.62. The zero-order valence-corrected chi connectivity index (χ0v) is 19.1. The van der Waals surface area contributed by atoms with Crippen LogP contribution in [0.2, 0.25) is 0 Å². The van der Waals surface area contributed by atoms with Gasteiger partial charge < -0.3 is 9.72 Å². The number of nitrogens with one attached hydrogen (secondary N) is 1. The van der Waals surface area contributed by atoms with Crippen LogP contribution in [0, 0.1) is 10.6 Å². The number of halogens is 1. The van der Waals surface area contributed by atoms with Crippen molar-refractivity contribution in [3.8, 4) is 17.1 Å². The van der Waals surface area contributed by atoms with E-state index in [2.05, 4.69) is 22.0 Å². The van der Waals surface area contributed by atoms with E-state index in [4.69, 9.17) is 27.6 Å². The predicted octanol–water partition coefficient (Wildman–Crippen LogP) is 4.61. The molecule has 1 N–H and O–H groups in total. The van der Waals surface area contributed by atoms with Gasteiger partial charge in [0.1, 0.15) is 17.1 Å². The van der Waals surface area contributed by atoms with Gasteiger partial charge in [-0.1, -0.05) is 39.4 Å². The summed E-state index contributed by atoms with van der Waals surface area (Å²) >= 11 is 5.50. The lowest BCUT2D eigenvalue weighted by atomic mass is 10.1. The second-order valence-corrected chi connectivity index (χ2v) is 10.2. The van der Waals surface area contributed by atoms with Gasteiger partial charge in [0.25, 0.3) is 9.05 Å². The van der Waals surface area contributed by atoms with Gasteiger partial charge in [-0.3, -0.25) is 4.68 Å². The molecule has 0 aliphatic rings. The normalized spacial score (nSPS) is 12.1. The lowest BCUT2D eigenvalue weighted by molar-refractivity contribution is 0.272. The van der Waals surface area contributed by atoms with Crippen LogP contribution < -0.4 is 4.74 Å². The number of aromatic nitrogens is 4. The number of ether oxygens (including phenoxy) is 1. The van der Waals surface area contributed by atoms with Crippen LogP contribution in [0.5, 0.6) is 5.75 Å². The highest BCUT2D eigenvalue weighted by Crippen LogP contribution is 2.33. The van der Waals surface area contributed by atoms with E-state index in [0.717, 1.165) is 29.6 Å². The van der Waals surface area contributed by atoms with Crippen molar-refractivity contribution in [2.24, 2.45) is 13.0 Å². The maximum atomic E-state index is 11.9. The standard InChI is InChI=1S/C19H23ClN4O3S2/c1-5-6-14-16-17(24(4)23-14)19(28)22-18(21-16)13-9-12(29(20,25)26)7-8-15(13)27-10-11(2)3/h7-9,11H,5-6,10H2,1-4H3,(H,21,22,28). The molecular weight excluding hydrogens is 432 g/mol. The average Bonchev–Trinajstić information content (AvgIpc) is 2.95. The van der Waals surface area contributed by atoms with Gasteiger partial charge in [-0.25, -0.2) is 13.4 Å². The molecular formula is C19H23ClN4O3S2. The molecule has 10 heteroatoms. The summed E-state index contributed by atoms with van der Waals surface area (Å²) in [5.41, 5.74) is 2.88. The second kappa shape index (κ2) is 8.41. The molecule has 3 aromatic rings. The second-order valence-electron chi connectivity index (χ2n) is 7.24. The van der Waals surface area contributed by atoms with E-state index in [-0.39, 0.29) is 4.90 Å². The van der Waals surface area contributed by atoms with Crippen molar-refractivity contribution >= 4 is 43.0 Å². The Morgan fingerprint density at radius 1 is 1.34 bits per heavy atom. The van der Waals surface area contributed by atoms with Crippen LogP contribution in [0.4, 0.5) is 0 Å². The molecule has 2 aromatic heterocycles. The van der Waals surface area contributed by atoms with E-state index >= 15 is 0 Å². The number of aromatic amines is 1. The van der Waals surface area contributed by atoms with Gasteiger partial charge in [-0.15, -0.1) is 0 Å². The zero-order chi connectivity index (χ0) is 21.3. The molecule has 0 unspecified atom stereocenters. The molecule has 0 aliphatic heterocycles. The fourth-order valence-corrected chi connectivity index (χ4v) is 4.13. The van der Waals surface area contributed by atoms with Crippen LogP contribution in [-0.2, 0) is 22.5 Å². The van der Waals surface area contributed by atoms with E-state index in [1.54, 1.807) is 10.7 Å². The van der Waals surface area contributed by atoms with Crippen molar-refractivity contribution in [3.63, 3.8) is 0 Å². The maximum absolute atomic E-state index is 11.9. The molecule has 3 rings (SSSR count). The molecule has 0 aliphatic carbocycles. The van der Waals surface area contributed by atoms with Gasteiger partial charge in [0.05, 0.1) is 28.3 Å². The minimum Gasteiger partial charge on any atom is -0.493 e. The van der Waals surface area contributed by atoms with E-state index in [1.807, 2.05) is 20.9 Å². The van der Waals surface area contributed by atoms with Crippen LogP contribution in [0.15, 0.2) is 23.1 Å². The lowest BCUT2D eigenvalue weighted by Crippen LogP contribution is -2.06. The number of aryl methyl sites for hydroxylation is 2. The minimum atomic E-state index is -3.91. The van der Waals surface area contributed by atoms with Gasteiger partial charge in [0, 0.05) is 17.7 Å². The molecule has 0 spiro atoms. The number of rotatable bonds is 7. The quantitative estimate of drug-likeness (QED) is 0.414. The first-order chi connectivity index (χ1) is 13.6. The van der Waals surface area contributed by atoms with E-state index < -0.39 is 9.05 Å². The SMILES string of the molecule is CCCc1nn(C)c2c(=S)nc(-c3cc(S(=O)(=O)Cl)ccc3OCC(C)C)[nH]c12. The highest BCUT2D eigenvalue weighted by atomic mass is 35.7. The minimum absolute atomic E-state index is 0.0350. The number of fused-ring (bicyclic) bond motifs is 1. The van der Waals surface area contributed by atoms with Crippen molar-refractivity contribution in [1.29, 1.82) is 0 Å². The first kappa shape index (κ1) is 21.7. The van der Waals surface area contributed by atoms with Gasteiger partial charge >= 0.3 is 0 Å². The molecule has 0 saturated carbocycles. The highest BCUT2D eigenvalue weighted by molar-refractivity contribution is 8.13. The van der Waals surface area contributed by atoms with Gasteiger partial charge in [-0.2, -0.15) is 5.10 Å². The molecule has 0 fully saturated rings. The van der Waals surface area contributed by atoms with Crippen LogP contribution >= 0.6 is 22.9 Å². The third-order valence-electron chi connectivity index (χ3n) is 4.33. The Hall–Kier alpha value is -1.97. The van der Waals surface area contributed by atoms with Gasteiger partial charge in [-0.05, 0) is 30.5 Å². The summed E-state index contributed by atoms with van der Waals surface area (Å²) in [5, 5.41) is 4.54. The highest BCUT2D eigenvalue weighted by Gasteiger charge is 2.19. The topological polar surface area (TPSA) is 89.9 Å². The molecule has 0 bridgehead atoms. The fraction of sp³-hybridized carbons (Fsp3) is 0.421. The largest absolute Gasteiger partial charge is 0.493 e. The summed E-state index contributed by atoms with van der Waals surface area (Å²) in [6.07, 6.45) is 1.70. The average molecular weight is 455 g/mol. The molecule has 156 valence electrons. The van der Waals surface area contributed by atoms with Crippen LogP contribution in [-0.4, -0.2) is 34.8 Å². The predicted molar refractivity (Wildman–Crippen MR) is 116 cm³/mol. The van der Waals surface area contributed by atoms with Gasteiger partial charge in [0.2, 0.25) is 0 Å². The number of hydrogen-bond acceptors (Lipinski definition) is 6. The number of benzene rings is 1. The molecule has 0 radical (unpaired) electrons. The maximum Gasteiger partial charge on any atom is 0.261 e. The summed E-state index contributed by atoms with van der Waals surface area (Å²) in [4.78, 5) is 7.75. The lowest BCUT2D eigenvalue weighted by Gasteiger charge is -2.14.